The van der Waals surface area contributed by atoms with Gasteiger partial charge in [0.1, 0.15) is 12.4 Å². The smallest absolute Gasteiger partial charge is 0.311 e. The average molecular weight is 471 g/mol. The van der Waals surface area contributed by atoms with Crippen LogP contribution in [0.5, 0.6) is 5.75 Å². The minimum atomic E-state index is -0.528. The molecule has 30 heavy (non-hydrogen) atoms. The number of aryl methyl sites for hydroxylation is 1. The van der Waals surface area contributed by atoms with Crippen LogP contribution < -0.4 is 10.3 Å². The number of rotatable bonds is 8. The van der Waals surface area contributed by atoms with Gasteiger partial charge in [0, 0.05) is 22.5 Å². The van der Waals surface area contributed by atoms with E-state index in [2.05, 4.69) is 32.6 Å². The summed E-state index contributed by atoms with van der Waals surface area (Å²) < 4.78 is 7.49. The number of nitro groups is 1. The van der Waals surface area contributed by atoms with Gasteiger partial charge in [-0.25, -0.2) is 4.98 Å². The van der Waals surface area contributed by atoms with Gasteiger partial charge in [0.05, 0.1) is 22.0 Å². The van der Waals surface area contributed by atoms with E-state index in [-0.39, 0.29) is 23.6 Å². The lowest BCUT2D eigenvalue weighted by Gasteiger charge is -2.10. The van der Waals surface area contributed by atoms with Gasteiger partial charge >= 0.3 is 5.69 Å². The summed E-state index contributed by atoms with van der Waals surface area (Å²) in [5.74, 6) is 0.570. The molecule has 0 bridgehead atoms. The maximum absolute atomic E-state index is 13.1. The van der Waals surface area contributed by atoms with Crippen molar-refractivity contribution in [2.45, 2.75) is 19.8 Å². The third kappa shape index (κ3) is 4.46. The lowest BCUT2D eigenvalue weighted by Crippen LogP contribution is -2.22. The molecule has 3 aromatic rings. The van der Waals surface area contributed by atoms with Crippen molar-refractivity contribution >= 4 is 38.7 Å². The molecule has 0 aliphatic heterocycles. The van der Waals surface area contributed by atoms with Crippen LogP contribution in [0.25, 0.3) is 10.9 Å². The first-order valence-electron chi connectivity index (χ1n) is 9.23. The predicted molar refractivity (Wildman–Crippen MR) is 119 cm³/mol. The summed E-state index contributed by atoms with van der Waals surface area (Å²) in [6, 6.07) is 9.80. The summed E-state index contributed by atoms with van der Waals surface area (Å²) in [6.07, 6.45) is 4.19. The Hall–Kier alpha value is -3.33. The van der Waals surface area contributed by atoms with Crippen LogP contribution in [0.4, 0.5) is 5.69 Å². The van der Waals surface area contributed by atoms with Crippen molar-refractivity contribution in [1.82, 2.24) is 9.66 Å². The van der Waals surface area contributed by atoms with Crippen LogP contribution in [-0.4, -0.2) is 27.4 Å². The van der Waals surface area contributed by atoms with E-state index >= 15 is 0 Å². The number of halogens is 1. The topological polar surface area (TPSA) is 99.6 Å². The molecule has 2 aromatic carbocycles. The van der Waals surface area contributed by atoms with Gasteiger partial charge in [-0.15, -0.1) is 0 Å². The van der Waals surface area contributed by atoms with Crippen molar-refractivity contribution < 1.29 is 9.66 Å². The van der Waals surface area contributed by atoms with E-state index in [1.807, 2.05) is 13.0 Å². The first-order valence-corrected chi connectivity index (χ1v) is 10.0. The first kappa shape index (κ1) is 21.4. The zero-order valence-corrected chi connectivity index (χ0v) is 17.8. The Kier molecular flexibility index (Phi) is 6.73. The van der Waals surface area contributed by atoms with Gasteiger partial charge in [-0.05, 0) is 30.7 Å². The monoisotopic (exact) mass is 470 g/mol. The molecule has 0 spiro atoms. The van der Waals surface area contributed by atoms with E-state index in [9.17, 15) is 14.9 Å². The average Bonchev–Trinajstić information content (AvgIpc) is 2.73. The zero-order chi connectivity index (χ0) is 21.7. The molecular formula is C21H19BrN4O4. The number of para-hydroxylation sites is 1. The highest BCUT2D eigenvalue weighted by molar-refractivity contribution is 9.10. The fourth-order valence-corrected chi connectivity index (χ4v) is 3.27. The van der Waals surface area contributed by atoms with Crippen molar-refractivity contribution in [3.05, 3.63) is 85.4 Å². The first-order chi connectivity index (χ1) is 14.5. The number of nitro benzene ring substituents is 1. The zero-order valence-electron chi connectivity index (χ0n) is 16.2. The Bertz CT molecular complexity index is 1200. The molecule has 1 heterocycles. The van der Waals surface area contributed by atoms with Crippen LogP contribution in [0.3, 0.4) is 0 Å². The lowest BCUT2D eigenvalue weighted by atomic mass is 10.2. The maximum atomic E-state index is 13.1. The Morgan fingerprint density at radius 3 is 2.87 bits per heavy atom. The van der Waals surface area contributed by atoms with Gasteiger partial charge in [0.25, 0.3) is 5.56 Å². The van der Waals surface area contributed by atoms with Gasteiger partial charge in [-0.1, -0.05) is 41.6 Å². The highest BCUT2D eigenvalue weighted by Gasteiger charge is 2.18. The number of hydrogen-bond donors (Lipinski definition) is 0. The molecule has 0 aliphatic carbocycles. The molecule has 0 fully saturated rings. The second-order valence-electron chi connectivity index (χ2n) is 6.35. The molecule has 0 saturated carbocycles. The van der Waals surface area contributed by atoms with Gasteiger partial charge < -0.3 is 4.74 Å². The van der Waals surface area contributed by atoms with Crippen molar-refractivity contribution in [3.8, 4) is 5.75 Å². The standard InChI is InChI=1S/C21H19BrN4O4/c1-3-6-19-24-17-10-9-15(22)12-16(17)21(27)25(19)23-13-14-7-5-8-18(26(28)29)20(14)30-11-4-2/h4-5,7-10,12-13H,2-3,6,11H2,1H3. The summed E-state index contributed by atoms with van der Waals surface area (Å²) in [6.45, 7) is 5.64. The Balaban J connectivity index is 2.16. The van der Waals surface area contributed by atoms with Crippen molar-refractivity contribution in [1.29, 1.82) is 0 Å². The Morgan fingerprint density at radius 1 is 1.37 bits per heavy atom. The highest BCUT2D eigenvalue weighted by atomic mass is 79.9. The minimum absolute atomic E-state index is 0.0627. The van der Waals surface area contributed by atoms with Crippen molar-refractivity contribution in [2.75, 3.05) is 6.61 Å². The third-order valence-corrected chi connectivity index (χ3v) is 4.72. The van der Waals surface area contributed by atoms with Crippen molar-refractivity contribution in [3.63, 3.8) is 0 Å². The number of hydrogen-bond acceptors (Lipinski definition) is 6. The van der Waals surface area contributed by atoms with E-state index in [0.29, 0.717) is 28.7 Å². The van der Waals surface area contributed by atoms with E-state index < -0.39 is 4.92 Å². The van der Waals surface area contributed by atoms with Crippen LogP contribution in [0, 0.1) is 10.1 Å². The second kappa shape index (κ2) is 9.45. The third-order valence-electron chi connectivity index (χ3n) is 4.23. The summed E-state index contributed by atoms with van der Waals surface area (Å²) in [4.78, 5) is 28.5. The molecular weight excluding hydrogens is 452 g/mol. The fourth-order valence-electron chi connectivity index (χ4n) is 2.91. The molecule has 0 unspecified atom stereocenters. The molecule has 0 saturated heterocycles. The largest absolute Gasteiger partial charge is 0.482 e. The predicted octanol–water partition coefficient (Wildman–Crippen LogP) is 4.47. The summed E-state index contributed by atoms with van der Waals surface area (Å²) in [7, 11) is 0. The molecule has 154 valence electrons. The molecule has 3 rings (SSSR count). The minimum Gasteiger partial charge on any atom is -0.482 e. The molecule has 0 radical (unpaired) electrons. The van der Waals surface area contributed by atoms with Crippen LogP contribution in [0.1, 0.15) is 24.7 Å². The number of benzene rings is 2. The van der Waals surface area contributed by atoms with Gasteiger partial charge in [0.2, 0.25) is 5.75 Å². The quantitative estimate of drug-likeness (QED) is 0.209. The van der Waals surface area contributed by atoms with Gasteiger partial charge in [-0.3, -0.25) is 14.9 Å². The van der Waals surface area contributed by atoms with Crippen LogP contribution in [0.2, 0.25) is 0 Å². The summed E-state index contributed by atoms with van der Waals surface area (Å²) in [5.41, 5.74) is 0.445. The van der Waals surface area contributed by atoms with E-state index in [1.54, 1.807) is 18.2 Å². The molecule has 0 aliphatic rings. The summed E-state index contributed by atoms with van der Waals surface area (Å²) >= 11 is 3.37. The van der Waals surface area contributed by atoms with E-state index in [4.69, 9.17) is 4.74 Å². The SMILES string of the molecule is C=CCOc1c(C=Nn2c(CCC)nc3ccc(Br)cc3c2=O)cccc1[N+](=O)[O-]. The number of ether oxygens (including phenoxy) is 1. The molecule has 8 nitrogen and oxygen atoms in total. The molecule has 1 aromatic heterocycles. The maximum Gasteiger partial charge on any atom is 0.311 e. The van der Waals surface area contributed by atoms with Crippen LogP contribution >= 0.6 is 15.9 Å². The van der Waals surface area contributed by atoms with Crippen molar-refractivity contribution in [2.24, 2.45) is 5.10 Å². The number of fused-ring (bicyclic) bond motifs is 1. The van der Waals surface area contributed by atoms with Gasteiger partial charge in [-0.2, -0.15) is 9.78 Å². The number of nitrogens with zero attached hydrogens (tertiary/aromatic N) is 4. The Labute approximate surface area is 180 Å². The molecule has 9 heteroatoms. The molecule has 0 atom stereocenters. The van der Waals surface area contributed by atoms with Gasteiger partial charge in [0.15, 0.2) is 0 Å². The molecule has 0 amide bonds. The van der Waals surface area contributed by atoms with Crippen LogP contribution in [-0.2, 0) is 6.42 Å². The molecule has 0 N–H and O–H groups in total. The normalized spacial score (nSPS) is 11.1. The lowest BCUT2D eigenvalue weighted by molar-refractivity contribution is -0.385. The van der Waals surface area contributed by atoms with E-state index in [1.165, 1.54) is 29.1 Å². The summed E-state index contributed by atoms with van der Waals surface area (Å²) in [5, 5.41) is 16.1. The second-order valence-corrected chi connectivity index (χ2v) is 7.27. The fraction of sp³-hybridized carbons (Fsp3) is 0.190. The van der Waals surface area contributed by atoms with E-state index in [0.717, 1.165) is 10.9 Å². The number of aromatic nitrogens is 2. The Morgan fingerprint density at radius 2 is 2.17 bits per heavy atom. The van der Waals surface area contributed by atoms with Crippen LogP contribution in [0.15, 0.2) is 63.4 Å². The highest BCUT2D eigenvalue weighted by Crippen LogP contribution is 2.30.